The quantitative estimate of drug-likeness (QED) is 0.595. The smallest absolute Gasteiger partial charge is 0.378 e. The predicted molar refractivity (Wildman–Crippen MR) is 108 cm³/mol. The first-order valence-corrected chi connectivity index (χ1v) is 9.63. The van der Waals surface area contributed by atoms with Crippen molar-refractivity contribution >= 4 is 22.6 Å². The molecule has 0 bridgehead atoms. The molecule has 1 saturated carbocycles. The fraction of sp³-hybridized carbons (Fsp3) is 0.333. The number of hydrogen-bond acceptors (Lipinski definition) is 5. The van der Waals surface area contributed by atoms with Crippen LogP contribution in [0.15, 0.2) is 35.4 Å². The molecular weight excluding hydrogens is 432 g/mol. The number of alkyl halides is 4. The number of anilines is 1. The van der Waals surface area contributed by atoms with Gasteiger partial charge in [-0.3, -0.25) is 14.6 Å². The van der Waals surface area contributed by atoms with E-state index >= 15 is 0 Å². The summed E-state index contributed by atoms with van der Waals surface area (Å²) in [6, 6.07) is 4.10. The minimum Gasteiger partial charge on any atom is -0.378 e. The molecule has 168 valence electrons. The van der Waals surface area contributed by atoms with Gasteiger partial charge in [-0.2, -0.15) is 13.2 Å². The summed E-state index contributed by atoms with van der Waals surface area (Å²) in [6.45, 7) is 1.51. The number of fused-ring (bicyclic) bond motifs is 1. The summed E-state index contributed by atoms with van der Waals surface area (Å²) in [5, 5.41) is 12.5. The Balaban J connectivity index is 1.71. The molecule has 3 aromatic heterocycles. The molecule has 1 aliphatic carbocycles. The minimum atomic E-state index is -4.86. The SMILES string of the molecule is Cc1cc([C@@H](O)C(F)(F)F)ncc1-c1cc2cnc(NC(=O)[C@H]3C[C@@H]3F)cc2n(C)c1=O. The lowest BCUT2D eigenvalue weighted by Gasteiger charge is -2.16. The van der Waals surface area contributed by atoms with Gasteiger partial charge in [-0.05, 0) is 31.0 Å². The first-order chi connectivity index (χ1) is 15.0. The van der Waals surface area contributed by atoms with Crippen LogP contribution in [0.2, 0.25) is 0 Å². The molecule has 3 atom stereocenters. The van der Waals surface area contributed by atoms with E-state index in [0.29, 0.717) is 22.0 Å². The van der Waals surface area contributed by atoms with Gasteiger partial charge in [-0.25, -0.2) is 9.37 Å². The minimum absolute atomic E-state index is 0.174. The summed E-state index contributed by atoms with van der Waals surface area (Å²) in [5.74, 6) is -0.991. The second-order valence-electron chi connectivity index (χ2n) is 7.77. The van der Waals surface area contributed by atoms with E-state index in [4.69, 9.17) is 0 Å². The Morgan fingerprint density at radius 3 is 2.50 bits per heavy atom. The number of carbonyl (C=O) groups is 1. The number of carbonyl (C=O) groups excluding carboxylic acids is 1. The molecular formula is C21H18F4N4O3. The van der Waals surface area contributed by atoms with Gasteiger partial charge in [0, 0.05) is 42.0 Å². The van der Waals surface area contributed by atoms with Crippen LogP contribution in [0, 0.1) is 12.8 Å². The third-order valence-electron chi connectivity index (χ3n) is 5.42. The largest absolute Gasteiger partial charge is 0.420 e. The highest BCUT2D eigenvalue weighted by Crippen LogP contribution is 2.35. The van der Waals surface area contributed by atoms with Crippen LogP contribution in [-0.2, 0) is 11.8 Å². The van der Waals surface area contributed by atoms with E-state index in [1.807, 2.05) is 0 Å². The van der Waals surface area contributed by atoms with Crippen molar-refractivity contribution < 1.29 is 27.5 Å². The number of pyridine rings is 3. The van der Waals surface area contributed by atoms with Crippen molar-refractivity contribution in [2.75, 3.05) is 5.32 Å². The second kappa shape index (κ2) is 7.66. The number of aliphatic hydroxyl groups excluding tert-OH is 1. The van der Waals surface area contributed by atoms with Crippen molar-refractivity contribution in [1.29, 1.82) is 0 Å². The first kappa shape index (κ1) is 21.9. The topological polar surface area (TPSA) is 97.1 Å². The second-order valence-corrected chi connectivity index (χ2v) is 7.77. The number of nitrogens with one attached hydrogen (secondary N) is 1. The van der Waals surface area contributed by atoms with E-state index < -0.39 is 41.5 Å². The molecule has 0 radical (unpaired) electrons. The van der Waals surface area contributed by atoms with Crippen molar-refractivity contribution in [2.24, 2.45) is 13.0 Å². The van der Waals surface area contributed by atoms with Crippen LogP contribution in [0.4, 0.5) is 23.4 Å². The average Bonchev–Trinajstić information content (AvgIpc) is 3.47. The van der Waals surface area contributed by atoms with E-state index in [1.165, 1.54) is 36.9 Å². The van der Waals surface area contributed by atoms with Gasteiger partial charge in [-0.15, -0.1) is 0 Å². The van der Waals surface area contributed by atoms with Gasteiger partial charge >= 0.3 is 6.18 Å². The molecule has 1 amide bonds. The fourth-order valence-electron chi connectivity index (χ4n) is 3.46. The molecule has 3 heterocycles. The summed E-state index contributed by atoms with van der Waals surface area (Å²) >= 11 is 0. The number of aryl methyl sites for hydroxylation is 2. The van der Waals surface area contributed by atoms with Crippen LogP contribution >= 0.6 is 0 Å². The third-order valence-corrected chi connectivity index (χ3v) is 5.42. The lowest BCUT2D eigenvalue weighted by atomic mass is 10.0. The average molecular weight is 450 g/mol. The molecule has 4 rings (SSSR count). The van der Waals surface area contributed by atoms with E-state index in [9.17, 15) is 32.3 Å². The van der Waals surface area contributed by atoms with Crippen LogP contribution in [0.25, 0.3) is 22.0 Å². The van der Waals surface area contributed by atoms with Crippen molar-refractivity contribution in [3.63, 3.8) is 0 Å². The lowest BCUT2D eigenvalue weighted by molar-refractivity contribution is -0.207. The highest BCUT2D eigenvalue weighted by atomic mass is 19.4. The van der Waals surface area contributed by atoms with Gasteiger partial charge in [0.1, 0.15) is 12.0 Å². The number of aliphatic hydroxyl groups is 1. The monoisotopic (exact) mass is 450 g/mol. The molecule has 0 unspecified atom stereocenters. The van der Waals surface area contributed by atoms with Crippen molar-refractivity contribution in [3.05, 3.63) is 52.2 Å². The summed E-state index contributed by atoms with van der Waals surface area (Å²) in [6.07, 6.45) is -6.01. The van der Waals surface area contributed by atoms with Gasteiger partial charge in [-0.1, -0.05) is 0 Å². The van der Waals surface area contributed by atoms with Crippen LogP contribution < -0.4 is 10.9 Å². The number of hydrogen-bond donors (Lipinski definition) is 2. The zero-order valence-electron chi connectivity index (χ0n) is 16.9. The van der Waals surface area contributed by atoms with E-state index in [-0.39, 0.29) is 17.8 Å². The van der Waals surface area contributed by atoms with E-state index in [2.05, 4.69) is 15.3 Å². The van der Waals surface area contributed by atoms with E-state index in [1.54, 1.807) is 0 Å². The van der Waals surface area contributed by atoms with Gasteiger partial charge < -0.3 is 15.0 Å². The zero-order chi connectivity index (χ0) is 23.4. The van der Waals surface area contributed by atoms with Gasteiger partial charge in [0.25, 0.3) is 5.56 Å². The molecule has 1 fully saturated rings. The maximum Gasteiger partial charge on any atom is 0.420 e. The lowest BCUT2D eigenvalue weighted by Crippen LogP contribution is -2.22. The number of aromatic nitrogens is 3. The molecule has 0 saturated heterocycles. The molecule has 0 spiro atoms. The van der Waals surface area contributed by atoms with E-state index in [0.717, 1.165) is 12.3 Å². The Morgan fingerprint density at radius 1 is 1.22 bits per heavy atom. The van der Waals surface area contributed by atoms with Crippen LogP contribution in [-0.4, -0.2) is 37.9 Å². The Bertz CT molecular complexity index is 1290. The molecule has 0 aliphatic heterocycles. The molecule has 0 aromatic carbocycles. The van der Waals surface area contributed by atoms with Crippen molar-refractivity contribution in [1.82, 2.24) is 14.5 Å². The zero-order valence-corrected chi connectivity index (χ0v) is 16.9. The Hall–Kier alpha value is -3.34. The predicted octanol–water partition coefficient (Wildman–Crippen LogP) is 3.20. The Kier molecular flexibility index (Phi) is 5.24. The summed E-state index contributed by atoms with van der Waals surface area (Å²) < 4.78 is 52.7. The highest BCUT2D eigenvalue weighted by molar-refractivity contribution is 5.95. The van der Waals surface area contributed by atoms with Gasteiger partial charge in [0.05, 0.1) is 17.1 Å². The van der Waals surface area contributed by atoms with Crippen LogP contribution in [0.5, 0.6) is 0 Å². The van der Waals surface area contributed by atoms with Crippen molar-refractivity contribution in [3.8, 4) is 11.1 Å². The maximum absolute atomic E-state index is 13.1. The molecule has 11 heteroatoms. The Morgan fingerprint density at radius 2 is 1.91 bits per heavy atom. The van der Waals surface area contributed by atoms with Crippen molar-refractivity contribution in [2.45, 2.75) is 31.8 Å². The number of halogens is 4. The van der Waals surface area contributed by atoms with Crippen LogP contribution in [0.1, 0.15) is 23.8 Å². The standard InChI is InChI=1S/C21H18F4N4O3/c1-9-3-15(18(30)21(23,24)25)26-8-13(9)11-4-10-7-27-17(6-16(10)29(2)20(11)32)28-19(31)12-5-14(12)22/h3-4,6-8,12,14,18,30H,5H2,1-2H3,(H,27,28,31)/t12-,14-,18+/m0/s1. The fourth-order valence-corrected chi connectivity index (χ4v) is 3.46. The normalized spacial score (nSPS) is 19.1. The summed E-state index contributed by atoms with van der Waals surface area (Å²) in [4.78, 5) is 32.7. The molecule has 7 nitrogen and oxygen atoms in total. The maximum atomic E-state index is 13.1. The summed E-state index contributed by atoms with van der Waals surface area (Å²) in [7, 11) is 1.50. The number of rotatable bonds is 4. The number of nitrogens with zero attached hydrogens (tertiary/aromatic N) is 3. The van der Waals surface area contributed by atoms with Gasteiger partial charge in [0.2, 0.25) is 5.91 Å². The molecule has 2 N–H and O–H groups in total. The molecule has 32 heavy (non-hydrogen) atoms. The van der Waals surface area contributed by atoms with Gasteiger partial charge in [0.15, 0.2) is 6.10 Å². The third kappa shape index (κ3) is 3.95. The molecule has 1 aliphatic rings. The number of amides is 1. The highest BCUT2D eigenvalue weighted by Gasteiger charge is 2.43. The summed E-state index contributed by atoms with van der Waals surface area (Å²) in [5.41, 5.74) is 0.273. The van der Waals surface area contributed by atoms with Crippen LogP contribution in [0.3, 0.4) is 0 Å². The molecule has 3 aromatic rings. The Labute approximate surface area is 178 Å². The first-order valence-electron chi connectivity index (χ1n) is 9.63.